The number of fused-ring (bicyclic) bond motifs is 1. The molecule has 1 heterocycles. The standard InChI is InChI=1S/C18H30N2/c1-5-15(4)12-20-13-17(10-14(2)3)19-11-16-8-6-7-9-18(16)20/h6-9,14-15,17,19H,5,10-13H2,1-4H3. The molecule has 0 fully saturated rings. The first-order valence-electron chi connectivity index (χ1n) is 8.16. The molecule has 0 aromatic heterocycles. The summed E-state index contributed by atoms with van der Waals surface area (Å²) in [6.45, 7) is 12.6. The molecule has 0 saturated heterocycles. The topological polar surface area (TPSA) is 15.3 Å². The Bertz CT molecular complexity index is 414. The minimum Gasteiger partial charge on any atom is -0.369 e. The van der Waals surface area contributed by atoms with Crippen molar-refractivity contribution in [2.45, 2.75) is 53.1 Å². The average Bonchev–Trinajstić information content (AvgIpc) is 2.59. The second kappa shape index (κ2) is 7.12. The first kappa shape index (κ1) is 15.4. The lowest BCUT2D eigenvalue weighted by molar-refractivity contribution is 0.414. The Kier molecular flexibility index (Phi) is 5.47. The number of benzene rings is 1. The van der Waals surface area contributed by atoms with Gasteiger partial charge in [-0.15, -0.1) is 0 Å². The second-order valence-electron chi connectivity index (χ2n) is 6.75. The van der Waals surface area contributed by atoms with E-state index in [-0.39, 0.29) is 0 Å². The molecule has 2 atom stereocenters. The molecule has 2 heteroatoms. The van der Waals surface area contributed by atoms with Gasteiger partial charge in [0.2, 0.25) is 0 Å². The van der Waals surface area contributed by atoms with Gasteiger partial charge in [-0.1, -0.05) is 52.3 Å². The number of rotatable bonds is 5. The van der Waals surface area contributed by atoms with Crippen LogP contribution in [0.2, 0.25) is 0 Å². The first-order chi connectivity index (χ1) is 9.60. The molecule has 112 valence electrons. The van der Waals surface area contributed by atoms with Gasteiger partial charge in [0.15, 0.2) is 0 Å². The molecule has 0 bridgehead atoms. The van der Waals surface area contributed by atoms with E-state index >= 15 is 0 Å². The van der Waals surface area contributed by atoms with Crippen LogP contribution in [-0.4, -0.2) is 19.1 Å². The summed E-state index contributed by atoms with van der Waals surface area (Å²) in [6, 6.07) is 9.49. The molecule has 0 amide bonds. The Morgan fingerprint density at radius 1 is 1.25 bits per heavy atom. The summed E-state index contributed by atoms with van der Waals surface area (Å²) >= 11 is 0. The monoisotopic (exact) mass is 274 g/mol. The Morgan fingerprint density at radius 3 is 2.70 bits per heavy atom. The third kappa shape index (κ3) is 3.99. The summed E-state index contributed by atoms with van der Waals surface area (Å²) in [5, 5.41) is 3.75. The summed E-state index contributed by atoms with van der Waals surface area (Å²) in [7, 11) is 0. The predicted octanol–water partition coefficient (Wildman–Crippen LogP) is 4.06. The van der Waals surface area contributed by atoms with Crippen LogP contribution < -0.4 is 10.2 Å². The largest absolute Gasteiger partial charge is 0.369 e. The van der Waals surface area contributed by atoms with Crippen LogP contribution in [0, 0.1) is 11.8 Å². The minimum absolute atomic E-state index is 0.603. The molecule has 1 N–H and O–H groups in total. The van der Waals surface area contributed by atoms with Crippen molar-refractivity contribution in [1.82, 2.24) is 5.32 Å². The van der Waals surface area contributed by atoms with Gasteiger partial charge >= 0.3 is 0 Å². The van der Waals surface area contributed by atoms with Crippen molar-refractivity contribution in [3.05, 3.63) is 29.8 Å². The maximum atomic E-state index is 3.75. The van der Waals surface area contributed by atoms with E-state index in [1.807, 2.05) is 0 Å². The first-order valence-corrected chi connectivity index (χ1v) is 8.16. The number of hydrogen-bond acceptors (Lipinski definition) is 2. The molecule has 1 aromatic rings. The fourth-order valence-corrected chi connectivity index (χ4v) is 3.06. The average molecular weight is 274 g/mol. The third-order valence-corrected chi connectivity index (χ3v) is 4.34. The van der Waals surface area contributed by atoms with Crippen LogP contribution in [0.3, 0.4) is 0 Å². The molecule has 20 heavy (non-hydrogen) atoms. The zero-order valence-electron chi connectivity index (χ0n) is 13.5. The van der Waals surface area contributed by atoms with E-state index in [4.69, 9.17) is 0 Å². The summed E-state index contributed by atoms with van der Waals surface area (Å²) in [5.41, 5.74) is 2.88. The van der Waals surface area contributed by atoms with Gasteiger partial charge in [-0.2, -0.15) is 0 Å². The molecule has 1 aromatic carbocycles. The molecule has 2 rings (SSSR count). The van der Waals surface area contributed by atoms with E-state index in [0.29, 0.717) is 6.04 Å². The number of hydrogen-bond donors (Lipinski definition) is 1. The highest BCUT2D eigenvalue weighted by molar-refractivity contribution is 5.54. The van der Waals surface area contributed by atoms with Crippen LogP contribution in [0.1, 0.15) is 46.1 Å². The van der Waals surface area contributed by atoms with E-state index in [9.17, 15) is 0 Å². The quantitative estimate of drug-likeness (QED) is 0.871. The van der Waals surface area contributed by atoms with Crippen LogP contribution in [0.15, 0.2) is 24.3 Å². The van der Waals surface area contributed by atoms with Crippen molar-refractivity contribution < 1.29 is 0 Å². The van der Waals surface area contributed by atoms with Crippen LogP contribution >= 0.6 is 0 Å². The fraction of sp³-hybridized carbons (Fsp3) is 0.667. The maximum absolute atomic E-state index is 3.75. The Balaban J connectivity index is 2.18. The summed E-state index contributed by atoms with van der Waals surface area (Å²) in [4.78, 5) is 2.61. The summed E-state index contributed by atoms with van der Waals surface area (Å²) in [6.07, 6.45) is 2.51. The number of para-hydroxylation sites is 1. The molecule has 2 unspecified atom stereocenters. The summed E-state index contributed by atoms with van der Waals surface area (Å²) < 4.78 is 0. The number of nitrogens with zero attached hydrogens (tertiary/aromatic N) is 1. The minimum atomic E-state index is 0.603. The van der Waals surface area contributed by atoms with Crippen molar-refractivity contribution >= 4 is 5.69 Å². The van der Waals surface area contributed by atoms with Gasteiger partial charge in [-0.05, 0) is 29.9 Å². The van der Waals surface area contributed by atoms with Crippen molar-refractivity contribution in [3.63, 3.8) is 0 Å². The van der Waals surface area contributed by atoms with Crippen molar-refractivity contribution in [3.8, 4) is 0 Å². The van der Waals surface area contributed by atoms with Crippen LogP contribution in [0.25, 0.3) is 0 Å². The van der Waals surface area contributed by atoms with Crippen molar-refractivity contribution in [1.29, 1.82) is 0 Å². The van der Waals surface area contributed by atoms with E-state index in [1.165, 1.54) is 30.6 Å². The molecule has 0 spiro atoms. The number of nitrogens with one attached hydrogen (secondary N) is 1. The summed E-state index contributed by atoms with van der Waals surface area (Å²) in [5.74, 6) is 1.50. The Hall–Kier alpha value is -1.02. The van der Waals surface area contributed by atoms with Crippen LogP contribution in [-0.2, 0) is 6.54 Å². The van der Waals surface area contributed by atoms with Gasteiger partial charge in [0.1, 0.15) is 0 Å². The molecular weight excluding hydrogens is 244 g/mol. The molecule has 0 aliphatic carbocycles. The number of anilines is 1. The fourth-order valence-electron chi connectivity index (χ4n) is 3.06. The predicted molar refractivity (Wildman–Crippen MR) is 88.2 cm³/mol. The highest BCUT2D eigenvalue weighted by Crippen LogP contribution is 2.26. The smallest absolute Gasteiger partial charge is 0.0412 e. The third-order valence-electron chi connectivity index (χ3n) is 4.34. The van der Waals surface area contributed by atoms with Crippen LogP contribution in [0.5, 0.6) is 0 Å². The zero-order chi connectivity index (χ0) is 14.5. The normalized spacial score (nSPS) is 20.6. The molecular formula is C18H30N2. The van der Waals surface area contributed by atoms with Gasteiger partial charge in [-0.3, -0.25) is 0 Å². The van der Waals surface area contributed by atoms with Gasteiger partial charge in [0, 0.05) is 31.4 Å². The van der Waals surface area contributed by atoms with Gasteiger partial charge in [0.25, 0.3) is 0 Å². The van der Waals surface area contributed by atoms with Crippen molar-refractivity contribution in [2.24, 2.45) is 11.8 Å². The lowest BCUT2D eigenvalue weighted by Gasteiger charge is -2.30. The van der Waals surface area contributed by atoms with E-state index < -0.39 is 0 Å². The van der Waals surface area contributed by atoms with Gasteiger partial charge in [0.05, 0.1) is 0 Å². The van der Waals surface area contributed by atoms with Crippen molar-refractivity contribution in [2.75, 3.05) is 18.0 Å². The van der Waals surface area contributed by atoms with E-state index in [1.54, 1.807) is 0 Å². The molecule has 0 saturated carbocycles. The SMILES string of the molecule is CCC(C)CN1CC(CC(C)C)NCc2ccccc21. The second-order valence-corrected chi connectivity index (χ2v) is 6.75. The van der Waals surface area contributed by atoms with Gasteiger partial charge < -0.3 is 10.2 Å². The van der Waals surface area contributed by atoms with Crippen LogP contribution in [0.4, 0.5) is 5.69 Å². The Labute approximate surface area is 124 Å². The molecule has 2 nitrogen and oxygen atoms in total. The Morgan fingerprint density at radius 2 is 2.00 bits per heavy atom. The molecule has 0 radical (unpaired) electrons. The molecule has 1 aliphatic rings. The highest BCUT2D eigenvalue weighted by Gasteiger charge is 2.22. The van der Waals surface area contributed by atoms with E-state index in [0.717, 1.165) is 24.9 Å². The maximum Gasteiger partial charge on any atom is 0.0412 e. The lowest BCUT2D eigenvalue weighted by atomic mass is 10.0. The highest BCUT2D eigenvalue weighted by atomic mass is 15.2. The van der Waals surface area contributed by atoms with Gasteiger partial charge in [-0.25, -0.2) is 0 Å². The zero-order valence-corrected chi connectivity index (χ0v) is 13.5. The van der Waals surface area contributed by atoms with E-state index in [2.05, 4.69) is 62.2 Å². The molecule has 1 aliphatic heterocycles. The lowest BCUT2D eigenvalue weighted by Crippen LogP contribution is -2.40.